The summed E-state index contributed by atoms with van der Waals surface area (Å²) in [6, 6.07) is 9.30. The molecule has 0 bridgehead atoms. The molecule has 1 heterocycles. The SMILES string of the molecule is N#CCc1ccc(NC(=O)N2CCC(CO)CC2)cc1. The maximum absolute atomic E-state index is 12.1. The van der Waals surface area contributed by atoms with Crippen LogP contribution in [0.2, 0.25) is 0 Å². The molecule has 0 aromatic heterocycles. The van der Waals surface area contributed by atoms with E-state index in [4.69, 9.17) is 10.4 Å². The predicted octanol–water partition coefficient (Wildman–Crippen LogP) is 1.99. The Labute approximate surface area is 118 Å². The molecule has 1 aromatic carbocycles. The van der Waals surface area contributed by atoms with Gasteiger partial charge in [-0.05, 0) is 36.5 Å². The summed E-state index contributed by atoms with van der Waals surface area (Å²) in [6.45, 7) is 1.57. The minimum atomic E-state index is -0.102. The fourth-order valence-corrected chi connectivity index (χ4v) is 2.32. The number of urea groups is 1. The van der Waals surface area contributed by atoms with Crippen LogP contribution in [0.5, 0.6) is 0 Å². The normalized spacial score (nSPS) is 15.7. The number of rotatable bonds is 3. The molecule has 0 atom stereocenters. The van der Waals surface area contributed by atoms with Gasteiger partial charge < -0.3 is 15.3 Å². The summed E-state index contributed by atoms with van der Waals surface area (Å²) in [6.07, 6.45) is 2.08. The molecule has 1 saturated heterocycles. The molecule has 2 amide bonds. The Hall–Kier alpha value is -2.06. The Morgan fingerprint density at radius 1 is 1.35 bits per heavy atom. The number of nitriles is 1. The second-order valence-electron chi connectivity index (χ2n) is 5.07. The van der Waals surface area contributed by atoms with Crippen molar-refractivity contribution in [1.29, 1.82) is 5.26 Å². The lowest BCUT2D eigenvalue weighted by Crippen LogP contribution is -2.41. The number of piperidine rings is 1. The number of anilines is 1. The van der Waals surface area contributed by atoms with Crippen LogP contribution < -0.4 is 5.32 Å². The number of aliphatic hydroxyl groups excluding tert-OH is 1. The van der Waals surface area contributed by atoms with Crippen molar-refractivity contribution < 1.29 is 9.90 Å². The number of likely N-dealkylation sites (tertiary alicyclic amines) is 1. The number of aliphatic hydroxyl groups is 1. The minimum absolute atomic E-state index is 0.102. The van der Waals surface area contributed by atoms with Gasteiger partial charge in [0.05, 0.1) is 12.5 Å². The van der Waals surface area contributed by atoms with E-state index in [0.717, 1.165) is 24.1 Å². The van der Waals surface area contributed by atoms with Gasteiger partial charge in [-0.15, -0.1) is 0 Å². The summed E-state index contributed by atoms with van der Waals surface area (Å²) in [5, 5.41) is 20.5. The average molecular weight is 273 g/mol. The molecule has 20 heavy (non-hydrogen) atoms. The summed E-state index contributed by atoms with van der Waals surface area (Å²) < 4.78 is 0. The molecule has 0 spiro atoms. The van der Waals surface area contributed by atoms with E-state index < -0.39 is 0 Å². The first-order valence-corrected chi connectivity index (χ1v) is 6.85. The first-order chi connectivity index (χ1) is 9.72. The fraction of sp³-hybridized carbons (Fsp3) is 0.467. The third-order valence-corrected chi connectivity index (χ3v) is 3.65. The number of hydrogen-bond acceptors (Lipinski definition) is 3. The van der Waals surface area contributed by atoms with Crippen LogP contribution in [0.15, 0.2) is 24.3 Å². The van der Waals surface area contributed by atoms with E-state index in [1.807, 2.05) is 24.3 Å². The highest BCUT2D eigenvalue weighted by atomic mass is 16.3. The molecule has 1 aromatic rings. The van der Waals surface area contributed by atoms with E-state index in [0.29, 0.717) is 25.4 Å². The van der Waals surface area contributed by atoms with Crippen molar-refractivity contribution in [1.82, 2.24) is 4.90 Å². The predicted molar refractivity (Wildman–Crippen MR) is 76.2 cm³/mol. The van der Waals surface area contributed by atoms with Crippen LogP contribution in [0.25, 0.3) is 0 Å². The highest BCUT2D eigenvalue weighted by Crippen LogP contribution is 2.18. The first-order valence-electron chi connectivity index (χ1n) is 6.85. The van der Waals surface area contributed by atoms with Crippen LogP contribution in [0, 0.1) is 17.2 Å². The Kier molecular flexibility index (Phi) is 4.97. The molecule has 1 aliphatic heterocycles. The van der Waals surface area contributed by atoms with Crippen molar-refractivity contribution in [2.45, 2.75) is 19.3 Å². The smallest absolute Gasteiger partial charge is 0.321 e. The Bertz CT molecular complexity index is 485. The number of carbonyl (C=O) groups excluding carboxylic acids is 1. The Morgan fingerprint density at radius 3 is 2.55 bits per heavy atom. The van der Waals surface area contributed by atoms with E-state index in [9.17, 15) is 4.79 Å². The van der Waals surface area contributed by atoms with Crippen LogP contribution in [0.3, 0.4) is 0 Å². The molecular weight excluding hydrogens is 254 g/mol. The number of nitrogens with one attached hydrogen (secondary N) is 1. The Morgan fingerprint density at radius 2 is 2.00 bits per heavy atom. The molecule has 2 rings (SSSR count). The maximum atomic E-state index is 12.1. The van der Waals surface area contributed by atoms with Gasteiger partial charge in [0, 0.05) is 25.4 Å². The molecule has 0 saturated carbocycles. The summed E-state index contributed by atoms with van der Waals surface area (Å²) in [5.41, 5.74) is 1.68. The minimum Gasteiger partial charge on any atom is -0.396 e. The zero-order chi connectivity index (χ0) is 14.4. The van der Waals surface area contributed by atoms with Gasteiger partial charge in [-0.1, -0.05) is 12.1 Å². The molecule has 106 valence electrons. The Balaban J connectivity index is 1.87. The molecule has 0 radical (unpaired) electrons. The number of hydrogen-bond donors (Lipinski definition) is 2. The monoisotopic (exact) mass is 273 g/mol. The second-order valence-corrected chi connectivity index (χ2v) is 5.07. The molecule has 1 fully saturated rings. The summed E-state index contributed by atoms with van der Waals surface area (Å²) in [5.74, 6) is 0.323. The van der Waals surface area contributed by atoms with E-state index in [2.05, 4.69) is 11.4 Å². The highest BCUT2D eigenvalue weighted by Gasteiger charge is 2.22. The molecule has 1 aliphatic rings. The molecule has 0 unspecified atom stereocenters. The highest BCUT2D eigenvalue weighted by molar-refractivity contribution is 5.89. The van der Waals surface area contributed by atoms with Crippen molar-refractivity contribution in [3.63, 3.8) is 0 Å². The van der Waals surface area contributed by atoms with E-state index >= 15 is 0 Å². The maximum Gasteiger partial charge on any atom is 0.321 e. The van der Waals surface area contributed by atoms with Crippen LogP contribution in [0.4, 0.5) is 10.5 Å². The molecule has 5 nitrogen and oxygen atoms in total. The van der Waals surface area contributed by atoms with Crippen molar-refractivity contribution in [3.05, 3.63) is 29.8 Å². The van der Waals surface area contributed by atoms with Gasteiger partial charge in [-0.25, -0.2) is 4.79 Å². The molecular formula is C15H19N3O2. The topological polar surface area (TPSA) is 76.4 Å². The van der Waals surface area contributed by atoms with Crippen molar-refractivity contribution in [2.75, 3.05) is 25.0 Å². The second kappa shape index (κ2) is 6.92. The first kappa shape index (κ1) is 14.4. The number of benzene rings is 1. The van der Waals surface area contributed by atoms with Crippen molar-refractivity contribution in [3.8, 4) is 6.07 Å². The third kappa shape index (κ3) is 3.72. The average Bonchev–Trinajstić information content (AvgIpc) is 2.49. The number of nitrogens with zero attached hydrogens (tertiary/aromatic N) is 2. The number of amides is 2. The van der Waals surface area contributed by atoms with Gasteiger partial charge in [0.25, 0.3) is 0 Å². The van der Waals surface area contributed by atoms with Crippen LogP contribution >= 0.6 is 0 Å². The summed E-state index contributed by atoms with van der Waals surface area (Å²) in [7, 11) is 0. The van der Waals surface area contributed by atoms with E-state index in [-0.39, 0.29) is 12.6 Å². The lowest BCUT2D eigenvalue weighted by Gasteiger charge is -2.31. The molecule has 0 aliphatic carbocycles. The molecule has 2 N–H and O–H groups in total. The van der Waals surface area contributed by atoms with E-state index in [1.165, 1.54) is 0 Å². The van der Waals surface area contributed by atoms with Gasteiger partial charge in [-0.3, -0.25) is 0 Å². The lowest BCUT2D eigenvalue weighted by atomic mass is 9.98. The van der Waals surface area contributed by atoms with Crippen LogP contribution in [-0.2, 0) is 6.42 Å². The van der Waals surface area contributed by atoms with Crippen LogP contribution in [-0.4, -0.2) is 35.7 Å². The largest absolute Gasteiger partial charge is 0.396 e. The third-order valence-electron chi connectivity index (χ3n) is 3.65. The molecule has 5 heteroatoms. The van der Waals surface area contributed by atoms with E-state index in [1.54, 1.807) is 4.90 Å². The zero-order valence-corrected chi connectivity index (χ0v) is 11.4. The van der Waals surface area contributed by atoms with Crippen LogP contribution in [0.1, 0.15) is 18.4 Å². The standard InChI is InChI=1S/C15H19N3O2/c16-8-5-12-1-3-14(4-2-12)17-15(20)18-9-6-13(11-19)7-10-18/h1-4,13,19H,5-7,9-11H2,(H,17,20). The van der Waals surface area contributed by atoms with Gasteiger partial charge >= 0.3 is 6.03 Å². The fourth-order valence-electron chi connectivity index (χ4n) is 2.32. The zero-order valence-electron chi connectivity index (χ0n) is 11.4. The number of carbonyl (C=O) groups is 1. The van der Waals surface area contributed by atoms with Gasteiger partial charge in [0.15, 0.2) is 0 Å². The lowest BCUT2D eigenvalue weighted by molar-refractivity contribution is 0.143. The van der Waals surface area contributed by atoms with Gasteiger partial charge in [-0.2, -0.15) is 5.26 Å². The summed E-state index contributed by atoms with van der Waals surface area (Å²) in [4.78, 5) is 13.8. The van der Waals surface area contributed by atoms with Gasteiger partial charge in [0.1, 0.15) is 0 Å². The van der Waals surface area contributed by atoms with Crippen molar-refractivity contribution in [2.24, 2.45) is 5.92 Å². The van der Waals surface area contributed by atoms with Gasteiger partial charge in [0.2, 0.25) is 0 Å². The van der Waals surface area contributed by atoms with Crippen molar-refractivity contribution >= 4 is 11.7 Å². The summed E-state index contributed by atoms with van der Waals surface area (Å²) >= 11 is 0. The quantitative estimate of drug-likeness (QED) is 0.884.